The van der Waals surface area contributed by atoms with Crippen LogP contribution in [0.1, 0.15) is 25.5 Å². The zero-order valence-corrected chi connectivity index (χ0v) is 13.7. The number of urea groups is 1. The third kappa shape index (κ3) is 4.55. The Morgan fingerprint density at radius 2 is 1.96 bits per heavy atom. The molecule has 0 radical (unpaired) electrons. The standard InChI is InChI=1S/C17H21FN2O4/c1-10(2)23-8-9-24-16(21)14-11(3)19-17(22)20-15(14)12-4-6-13(18)7-5-12/h4-7,10,14-15H,3,8-9H2,1-2H3,(H2,19,20,22)/t14-,15+/m0/s1. The van der Waals surface area contributed by atoms with Crippen molar-refractivity contribution >= 4 is 12.0 Å². The summed E-state index contributed by atoms with van der Waals surface area (Å²) in [7, 11) is 0. The first-order valence-electron chi connectivity index (χ1n) is 7.68. The monoisotopic (exact) mass is 336 g/mol. The van der Waals surface area contributed by atoms with Crippen molar-refractivity contribution < 1.29 is 23.5 Å². The van der Waals surface area contributed by atoms with Crippen LogP contribution in [0.15, 0.2) is 36.5 Å². The van der Waals surface area contributed by atoms with Crippen molar-refractivity contribution in [3.8, 4) is 0 Å². The van der Waals surface area contributed by atoms with E-state index in [4.69, 9.17) is 9.47 Å². The fourth-order valence-corrected chi connectivity index (χ4v) is 2.43. The molecule has 130 valence electrons. The second-order valence-corrected chi connectivity index (χ2v) is 5.72. The second kappa shape index (κ2) is 7.92. The normalized spacial score (nSPS) is 20.5. The molecule has 1 heterocycles. The van der Waals surface area contributed by atoms with Crippen LogP contribution >= 0.6 is 0 Å². The Morgan fingerprint density at radius 1 is 1.29 bits per heavy atom. The largest absolute Gasteiger partial charge is 0.463 e. The molecule has 24 heavy (non-hydrogen) atoms. The van der Waals surface area contributed by atoms with Crippen LogP contribution in [-0.4, -0.2) is 31.3 Å². The third-order valence-electron chi connectivity index (χ3n) is 3.53. The number of halogens is 1. The highest BCUT2D eigenvalue weighted by Gasteiger charge is 2.38. The number of hydrogen-bond acceptors (Lipinski definition) is 4. The van der Waals surface area contributed by atoms with Crippen molar-refractivity contribution in [2.24, 2.45) is 5.92 Å². The van der Waals surface area contributed by atoms with Gasteiger partial charge in [0.1, 0.15) is 18.3 Å². The summed E-state index contributed by atoms with van der Waals surface area (Å²) in [4.78, 5) is 24.1. The van der Waals surface area contributed by atoms with Crippen LogP contribution in [0.25, 0.3) is 0 Å². The van der Waals surface area contributed by atoms with Gasteiger partial charge in [-0.15, -0.1) is 0 Å². The van der Waals surface area contributed by atoms with E-state index in [2.05, 4.69) is 17.2 Å². The van der Waals surface area contributed by atoms with E-state index < -0.39 is 29.8 Å². The second-order valence-electron chi connectivity index (χ2n) is 5.72. The fraction of sp³-hybridized carbons (Fsp3) is 0.412. The van der Waals surface area contributed by atoms with Crippen molar-refractivity contribution in [3.05, 3.63) is 47.9 Å². The van der Waals surface area contributed by atoms with Crippen molar-refractivity contribution in [2.75, 3.05) is 13.2 Å². The number of nitrogens with one attached hydrogen (secondary N) is 2. The van der Waals surface area contributed by atoms with Crippen LogP contribution in [0, 0.1) is 11.7 Å². The minimum Gasteiger partial charge on any atom is -0.463 e. The molecule has 0 aliphatic carbocycles. The van der Waals surface area contributed by atoms with Crippen molar-refractivity contribution in [1.29, 1.82) is 0 Å². The van der Waals surface area contributed by atoms with E-state index in [9.17, 15) is 14.0 Å². The summed E-state index contributed by atoms with van der Waals surface area (Å²) in [6.07, 6.45) is 0.0428. The topological polar surface area (TPSA) is 76.7 Å². The molecule has 2 rings (SSSR count). The maximum atomic E-state index is 13.1. The smallest absolute Gasteiger partial charge is 0.319 e. The van der Waals surface area contributed by atoms with Gasteiger partial charge in [0, 0.05) is 5.70 Å². The molecule has 1 aliphatic rings. The molecule has 7 heteroatoms. The van der Waals surface area contributed by atoms with Crippen LogP contribution in [0.5, 0.6) is 0 Å². The molecule has 0 spiro atoms. The molecule has 0 unspecified atom stereocenters. The average Bonchev–Trinajstić information content (AvgIpc) is 2.51. The van der Waals surface area contributed by atoms with Crippen LogP contribution in [0.3, 0.4) is 0 Å². The highest BCUT2D eigenvalue weighted by atomic mass is 19.1. The summed E-state index contributed by atoms with van der Waals surface area (Å²) in [5.41, 5.74) is 0.829. The Kier molecular flexibility index (Phi) is 5.92. The molecule has 6 nitrogen and oxygen atoms in total. The lowest BCUT2D eigenvalue weighted by molar-refractivity contribution is -0.150. The van der Waals surface area contributed by atoms with Gasteiger partial charge in [0.25, 0.3) is 0 Å². The molecule has 0 bridgehead atoms. The summed E-state index contributed by atoms with van der Waals surface area (Å²) < 4.78 is 23.7. The maximum absolute atomic E-state index is 13.1. The maximum Gasteiger partial charge on any atom is 0.319 e. The van der Waals surface area contributed by atoms with E-state index in [0.717, 1.165) is 0 Å². The fourth-order valence-electron chi connectivity index (χ4n) is 2.43. The van der Waals surface area contributed by atoms with Gasteiger partial charge < -0.3 is 20.1 Å². The molecule has 2 N–H and O–H groups in total. The van der Waals surface area contributed by atoms with Crippen molar-refractivity contribution in [2.45, 2.75) is 26.0 Å². The zero-order valence-electron chi connectivity index (χ0n) is 13.7. The first kappa shape index (κ1) is 17.9. The van der Waals surface area contributed by atoms with Gasteiger partial charge in [0.2, 0.25) is 0 Å². The number of benzene rings is 1. The Bertz CT molecular complexity index is 616. The Morgan fingerprint density at radius 3 is 2.58 bits per heavy atom. The molecule has 1 aromatic rings. The number of hydrogen-bond donors (Lipinski definition) is 2. The molecule has 2 amide bonds. The van der Waals surface area contributed by atoms with Gasteiger partial charge in [-0.05, 0) is 31.5 Å². The molecule has 1 aliphatic heterocycles. The Balaban J connectivity index is 2.10. The molecule has 1 aromatic carbocycles. The minimum atomic E-state index is -0.813. The van der Waals surface area contributed by atoms with E-state index in [1.807, 2.05) is 13.8 Å². The first-order chi connectivity index (χ1) is 11.4. The highest BCUT2D eigenvalue weighted by molar-refractivity contribution is 5.85. The number of carbonyl (C=O) groups is 2. The molecular formula is C17H21FN2O4. The predicted molar refractivity (Wildman–Crippen MR) is 85.5 cm³/mol. The predicted octanol–water partition coefficient (Wildman–Crippen LogP) is 2.28. The van der Waals surface area contributed by atoms with Gasteiger partial charge in [-0.2, -0.15) is 0 Å². The van der Waals surface area contributed by atoms with Crippen LogP contribution < -0.4 is 10.6 Å². The lowest BCUT2D eigenvalue weighted by Gasteiger charge is -2.33. The minimum absolute atomic E-state index is 0.0428. The molecule has 0 saturated carbocycles. The van der Waals surface area contributed by atoms with E-state index in [-0.39, 0.29) is 25.0 Å². The number of esters is 1. The molecule has 0 aromatic heterocycles. The number of amides is 2. The van der Waals surface area contributed by atoms with E-state index in [0.29, 0.717) is 5.56 Å². The summed E-state index contributed by atoms with van der Waals surface area (Å²) in [6, 6.07) is 4.42. The number of ether oxygens (including phenoxy) is 2. The van der Waals surface area contributed by atoms with Crippen LogP contribution in [0.2, 0.25) is 0 Å². The van der Waals surface area contributed by atoms with Crippen molar-refractivity contribution in [3.63, 3.8) is 0 Å². The Hall–Kier alpha value is -2.41. The van der Waals surface area contributed by atoms with E-state index in [1.165, 1.54) is 24.3 Å². The molecule has 1 fully saturated rings. The van der Waals surface area contributed by atoms with Crippen LogP contribution in [-0.2, 0) is 14.3 Å². The van der Waals surface area contributed by atoms with Gasteiger partial charge >= 0.3 is 12.0 Å². The highest BCUT2D eigenvalue weighted by Crippen LogP contribution is 2.30. The van der Waals surface area contributed by atoms with Gasteiger partial charge in [0.05, 0.1) is 18.8 Å². The quantitative estimate of drug-likeness (QED) is 0.617. The number of carbonyl (C=O) groups excluding carboxylic acids is 2. The molecular weight excluding hydrogens is 315 g/mol. The van der Waals surface area contributed by atoms with Crippen LogP contribution in [0.4, 0.5) is 9.18 Å². The molecule has 2 atom stereocenters. The third-order valence-corrected chi connectivity index (χ3v) is 3.53. The Labute approximate surface area is 140 Å². The summed E-state index contributed by atoms with van der Waals surface area (Å²) >= 11 is 0. The van der Waals surface area contributed by atoms with Gasteiger partial charge in [-0.3, -0.25) is 4.79 Å². The summed E-state index contributed by atoms with van der Waals surface area (Å²) in [5.74, 6) is -1.75. The summed E-state index contributed by atoms with van der Waals surface area (Å²) in [6.45, 7) is 7.89. The SMILES string of the molecule is C=C1NC(=O)N[C@H](c2ccc(F)cc2)[C@H]1C(=O)OCCOC(C)C. The first-order valence-corrected chi connectivity index (χ1v) is 7.68. The van der Waals surface area contributed by atoms with Crippen molar-refractivity contribution in [1.82, 2.24) is 10.6 Å². The molecule has 1 saturated heterocycles. The van der Waals surface area contributed by atoms with Gasteiger partial charge in [-0.25, -0.2) is 9.18 Å². The van der Waals surface area contributed by atoms with E-state index in [1.54, 1.807) is 0 Å². The zero-order chi connectivity index (χ0) is 17.7. The lowest BCUT2D eigenvalue weighted by Crippen LogP contribution is -2.51. The average molecular weight is 336 g/mol. The lowest BCUT2D eigenvalue weighted by atomic mass is 9.89. The van der Waals surface area contributed by atoms with Gasteiger partial charge in [-0.1, -0.05) is 18.7 Å². The van der Waals surface area contributed by atoms with E-state index >= 15 is 0 Å². The summed E-state index contributed by atoms with van der Waals surface area (Å²) in [5, 5.41) is 5.14. The van der Waals surface area contributed by atoms with Gasteiger partial charge in [0.15, 0.2) is 0 Å². The number of rotatable bonds is 6.